The molecule has 2 atom stereocenters. The first-order valence-electron chi connectivity index (χ1n) is 8.76. The van der Waals surface area contributed by atoms with Crippen LogP contribution in [-0.2, 0) is 21.2 Å². The van der Waals surface area contributed by atoms with Gasteiger partial charge in [-0.1, -0.05) is 19.1 Å². The molecule has 0 saturated carbocycles. The average molecular weight is 363 g/mol. The summed E-state index contributed by atoms with van der Waals surface area (Å²) in [7, 11) is -3.03. The van der Waals surface area contributed by atoms with Gasteiger partial charge in [-0.3, -0.25) is 4.79 Å². The Kier molecular flexibility index (Phi) is 4.86. The topological polar surface area (TPSA) is 72.3 Å². The van der Waals surface area contributed by atoms with E-state index in [2.05, 4.69) is 4.98 Å². The average Bonchev–Trinajstić information content (AvgIpc) is 3.07. The quantitative estimate of drug-likeness (QED) is 0.816. The highest BCUT2D eigenvalue weighted by Crippen LogP contribution is 2.23. The lowest BCUT2D eigenvalue weighted by atomic mass is 10.1. The molecule has 2 heterocycles. The molecule has 6 nitrogen and oxygen atoms in total. The Bertz CT molecular complexity index is 888. The summed E-state index contributed by atoms with van der Waals surface area (Å²) < 4.78 is 25.7. The second-order valence-electron chi connectivity index (χ2n) is 6.85. The van der Waals surface area contributed by atoms with Gasteiger partial charge in [-0.05, 0) is 38.8 Å². The molecule has 0 N–H and O–H groups in total. The number of rotatable bonds is 5. The highest BCUT2D eigenvalue weighted by atomic mass is 32.2. The Morgan fingerprint density at radius 3 is 2.76 bits per heavy atom. The van der Waals surface area contributed by atoms with Crippen LogP contribution < -0.4 is 0 Å². The fourth-order valence-electron chi connectivity index (χ4n) is 3.61. The van der Waals surface area contributed by atoms with Crippen molar-refractivity contribution < 1.29 is 13.2 Å². The molecule has 0 aliphatic carbocycles. The summed E-state index contributed by atoms with van der Waals surface area (Å²) >= 11 is 0. The van der Waals surface area contributed by atoms with Crippen molar-refractivity contribution in [3.8, 4) is 0 Å². The molecular weight excluding hydrogens is 338 g/mol. The number of imidazole rings is 1. The molecule has 1 aromatic carbocycles. The minimum Gasteiger partial charge on any atom is -0.334 e. The smallest absolute Gasteiger partial charge is 0.243 e. The summed E-state index contributed by atoms with van der Waals surface area (Å²) in [6.45, 7) is 6.09. The molecule has 2 aromatic rings. The van der Waals surface area contributed by atoms with Gasteiger partial charge in [0.2, 0.25) is 5.91 Å². The van der Waals surface area contributed by atoms with Gasteiger partial charge in [-0.25, -0.2) is 13.4 Å². The van der Waals surface area contributed by atoms with E-state index in [0.717, 1.165) is 23.3 Å². The molecule has 1 aromatic heterocycles. The van der Waals surface area contributed by atoms with E-state index in [4.69, 9.17) is 0 Å². The fourth-order valence-corrected chi connectivity index (χ4v) is 5.32. The third-order valence-electron chi connectivity index (χ3n) is 5.09. The van der Waals surface area contributed by atoms with Crippen LogP contribution in [0.2, 0.25) is 0 Å². The number of hydrogen-bond donors (Lipinski definition) is 0. The maximum absolute atomic E-state index is 13.1. The molecule has 0 radical (unpaired) electrons. The molecule has 1 saturated heterocycles. The fraction of sp³-hybridized carbons (Fsp3) is 0.556. The van der Waals surface area contributed by atoms with Gasteiger partial charge in [0.1, 0.15) is 12.4 Å². The molecule has 1 fully saturated rings. The summed E-state index contributed by atoms with van der Waals surface area (Å²) in [5.41, 5.74) is 1.79. The Balaban J connectivity index is 1.89. The standard InChI is InChI=1S/C18H25N3O3S/c1-4-13(2)21(15-9-10-25(23,24)12-15)18(22)11-20-14(3)19-16-7-5-6-8-17(16)20/h5-8,13,15H,4,9-12H2,1-3H3/t13-,15-/m1/s1. The lowest BCUT2D eigenvalue weighted by Crippen LogP contribution is -2.47. The van der Waals surface area contributed by atoms with Crippen LogP contribution >= 0.6 is 0 Å². The molecule has 7 heteroatoms. The second-order valence-corrected chi connectivity index (χ2v) is 9.08. The highest BCUT2D eigenvalue weighted by molar-refractivity contribution is 7.91. The molecule has 0 spiro atoms. The van der Waals surface area contributed by atoms with Crippen LogP contribution in [-0.4, -0.2) is 52.4 Å². The molecule has 136 valence electrons. The summed E-state index contributed by atoms with van der Waals surface area (Å²) in [6.07, 6.45) is 1.33. The molecule has 3 rings (SSSR count). The molecule has 0 bridgehead atoms. The Labute approximate surface area is 148 Å². The SMILES string of the molecule is CC[C@@H](C)N(C(=O)Cn1c(C)nc2ccccc21)[C@@H]1CCS(=O)(=O)C1. The number of carbonyl (C=O) groups is 1. The summed E-state index contributed by atoms with van der Waals surface area (Å²) in [5, 5.41) is 0. The monoisotopic (exact) mass is 363 g/mol. The van der Waals surface area contributed by atoms with Crippen molar-refractivity contribution in [2.24, 2.45) is 0 Å². The number of sulfone groups is 1. The van der Waals surface area contributed by atoms with Crippen molar-refractivity contribution in [3.05, 3.63) is 30.1 Å². The zero-order chi connectivity index (χ0) is 18.2. The largest absolute Gasteiger partial charge is 0.334 e. The highest BCUT2D eigenvalue weighted by Gasteiger charge is 2.36. The minimum absolute atomic E-state index is 0.0147. The van der Waals surface area contributed by atoms with E-state index in [1.165, 1.54) is 0 Å². The van der Waals surface area contributed by atoms with Crippen LogP contribution in [0.4, 0.5) is 0 Å². The van der Waals surface area contributed by atoms with Crippen LogP contribution in [0.25, 0.3) is 11.0 Å². The minimum atomic E-state index is -3.03. The zero-order valence-electron chi connectivity index (χ0n) is 15.0. The summed E-state index contributed by atoms with van der Waals surface area (Å²) in [6, 6.07) is 7.54. The Morgan fingerprint density at radius 2 is 2.12 bits per heavy atom. The van der Waals surface area contributed by atoms with Crippen molar-refractivity contribution in [2.75, 3.05) is 11.5 Å². The van der Waals surface area contributed by atoms with E-state index in [1.807, 2.05) is 49.6 Å². The number of carbonyl (C=O) groups excluding carboxylic acids is 1. The van der Waals surface area contributed by atoms with E-state index in [0.29, 0.717) is 6.42 Å². The van der Waals surface area contributed by atoms with Crippen LogP contribution in [0.15, 0.2) is 24.3 Å². The third-order valence-corrected chi connectivity index (χ3v) is 6.84. The van der Waals surface area contributed by atoms with Gasteiger partial charge < -0.3 is 9.47 Å². The van der Waals surface area contributed by atoms with Gasteiger partial charge in [0.05, 0.1) is 22.5 Å². The lowest BCUT2D eigenvalue weighted by molar-refractivity contribution is -0.136. The van der Waals surface area contributed by atoms with Crippen molar-refractivity contribution in [1.82, 2.24) is 14.5 Å². The Hall–Kier alpha value is -1.89. The van der Waals surface area contributed by atoms with Crippen LogP contribution in [0, 0.1) is 6.92 Å². The lowest BCUT2D eigenvalue weighted by Gasteiger charge is -2.34. The van der Waals surface area contributed by atoms with Crippen molar-refractivity contribution in [1.29, 1.82) is 0 Å². The van der Waals surface area contributed by atoms with E-state index < -0.39 is 9.84 Å². The van der Waals surface area contributed by atoms with E-state index in [9.17, 15) is 13.2 Å². The van der Waals surface area contributed by atoms with E-state index >= 15 is 0 Å². The number of para-hydroxylation sites is 2. The van der Waals surface area contributed by atoms with Crippen LogP contribution in [0.3, 0.4) is 0 Å². The molecule has 0 unspecified atom stereocenters. The molecule has 1 amide bonds. The summed E-state index contributed by atoms with van der Waals surface area (Å²) in [4.78, 5) is 19.4. The van der Waals surface area contributed by atoms with Gasteiger partial charge in [0.15, 0.2) is 9.84 Å². The molecule has 1 aliphatic heterocycles. The van der Waals surface area contributed by atoms with Crippen LogP contribution in [0.1, 0.15) is 32.5 Å². The number of nitrogens with zero attached hydrogens (tertiary/aromatic N) is 3. The number of aromatic nitrogens is 2. The number of hydrogen-bond acceptors (Lipinski definition) is 4. The number of benzene rings is 1. The van der Waals surface area contributed by atoms with Gasteiger partial charge in [0.25, 0.3) is 0 Å². The van der Waals surface area contributed by atoms with E-state index in [-0.39, 0.29) is 36.0 Å². The van der Waals surface area contributed by atoms with Gasteiger partial charge in [-0.2, -0.15) is 0 Å². The molecule has 25 heavy (non-hydrogen) atoms. The maximum Gasteiger partial charge on any atom is 0.243 e. The van der Waals surface area contributed by atoms with Crippen LogP contribution in [0.5, 0.6) is 0 Å². The second kappa shape index (κ2) is 6.78. The first kappa shape index (κ1) is 17.9. The first-order valence-corrected chi connectivity index (χ1v) is 10.6. The normalized spacial score (nSPS) is 20.7. The van der Waals surface area contributed by atoms with Crippen molar-refractivity contribution in [2.45, 2.75) is 52.2 Å². The molecule has 1 aliphatic rings. The van der Waals surface area contributed by atoms with Crippen molar-refractivity contribution in [3.63, 3.8) is 0 Å². The third kappa shape index (κ3) is 3.56. The first-order chi connectivity index (χ1) is 11.8. The van der Waals surface area contributed by atoms with Gasteiger partial charge in [0, 0.05) is 12.1 Å². The maximum atomic E-state index is 13.1. The van der Waals surface area contributed by atoms with Gasteiger partial charge in [-0.15, -0.1) is 0 Å². The number of aryl methyl sites for hydroxylation is 1. The van der Waals surface area contributed by atoms with Gasteiger partial charge >= 0.3 is 0 Å². The van der Waals surface area contributed by atoms with E-state index in [1.54, 1.807) is 4.90 Å². The summed E-state index contributed by atoms with van der Waals surface area (Å²) in [5.74, 6) is 0.998. The number of fused-ring (bicyclic) bond motifs is 1. The predicted molar refractivity (Wildman–Crippen MR) is 98.1 cm³/mol. The predicted octanol–water partition coefficient (Wildman–Crippen LogP) is 2.16. The molecular formula is C18H25N3O3S. The van der Waals surface area contributed by atoms with Crippen molar-refractivity contribution >= 4 is 26.8 Å². The number of amides is 1. The zero-order valence-corrected chi connectivity index (χ0v) is 15.8. The Morgan fingerprint density at radius 1 is 1.40 bits per heavy atom.